The Morgan fingerprint density at radius 2 is 1.50 bits per heavy atom. The molecule has 0 bridgehead atoms. The first kappa shape index (κ1) is 28.6. The Hall–Kier alpha value is -3.97. The second kappa shape index (κ2) is 13.5. The molecule has 2 aliphatic heterocycles. The standard InChI is InChI=1S/C16H20O5.C12H12O2.CO2/c1-10(16(18)20-3)15-11(8-14(17)19-2)9-21-13-7-5-4-6-12(13)15;13-9-5-8-7-14-12-4-2-1-3-10(12)11(8)6-9;2-1-3/h4-7,10-11,15H,8-9H2,1-3H3;1-4,8,11H,5-7H2;/t10?,11-,15-;8-,11?;/m00./s1. The molecule has 0 spiro atoms. The quantitative estimate of drug-likeness (QED) is 0.551. The predicted octanol–water partition coefficient (Wildman–Crippen LogP) is 3.71. The summed E-state index contributed by atoms with van der Waals surface area (Å²) in [4.78, 5) is 51.2. The monoisotopic (exact) mass is 524 g/mol. The van der Waals surface area contributed by atoms with Crippen LogP contribution in [0.2, 0.25) is 0 Å². The minimum Gasteiger partial charge on any atom is -0.493 e. The van der Waals surface area contributed by atoms with Crippen molar-refractivity contribution >= 4 is 23.9 Å². The van der Waals surface area contributed by atoms with Crippen molar-refractivity contribution in [1.82, 2.24) is 0 Å². The van der Waals surface area contributed by atoms with Gasteiger partial charge in [0.1, 0.15) is 17.3 Å². The van der Waals surface area contributed by atoms with E-state index in [4.69, 9.17) is 28.5 Å². The summed E-state index contributed by atoms with van der Waals surface area (Å²) in [5.74, 6) is 1.81. The number of carbonyl (C=O) groups is 3. The zero-order valence-corrected chi connectivity index (χ0v) is 21.7. The van der Waals surface area contributed by atoms with E-state index in [1.54, 1.807) is 0 Å². The van der Waals surface area contributed by atoms with Crippen LogP contribution in [0.5, 0.6) is 11.5 Å². The van der Waals surface area contributed by atoms with E-state index in [1.807, 2.05) is 49.4 Å². The van der Waals surface area contributed by atoms with Crippen LogP contribution >= 0.6 is 0 Å². The molecule has 2 unspecified atom stereocenters. The summed E-state index contributed by atoms with van der Waals surface area (Å²) >= 11 is 0. The average molecular weight is 525 g/mol. The fourth-order valence-corrected chi connectivity index (χ4v) is 5.52. The molecule has 1 aliphatic carbocycles. The van der Waals surface area contributed by atoms with Crippen LogP contribution in [0.3, 0.4) is 0 Å². The van der Waals surface area contributed by atoms with Gasteiger partial charge >= 0.3 is 18.1 Å². The molecule has 0 radical (unpaired) electrons. The van der Waals surface area contributed by atoms with Gasteiger partial charge < -0.3 is 18.9 Å². The number of rotatable bonds is 4. The third-order valence-corrected chi connectivity index (χ3v) is 7.28. The highest BCUT2D eigenvalue weighted by molar-refractivity contribution is 5.82. The van der Waals surface area contributed by atoms with E-state index >= 15 is 0 Å². The number of hydrogen-bond donors (Lipinski definition) is 0. The Kier molecular flexibility index (Phi) is 10.2. The van der Waals surface area contributed by atoms with Crippen LogP contribution in [0, 0.1) is 17.8 Å². The molecule has 38 heavy (non-hydrogen) atoms. The Bertz CT molecular complexity index is 1170. The minimum absolute atomic E-state index is 0.110. The molecule has 1 saturated carbocycles. The van der Waals surface area contributed by atoms with Gasteiger partial charge in [0, 0.05) is 36.5 Å². The predicted molar refractivity (Wildman–Crippen MR) is 133 cm³/mol. The molecular weight excluding hydrogens is 492 g/mol. The number of ether oxygens (including phenoxy) is 4. The number of hydrogen-bond acceptors (Lipinski definition) is 9. The summed E-state index contributed by atoms with van der Waals surface area (Å²) < 4.78 is 21.0. The van der Waals surface area contributed by atoms with Crippen molar-refractivity contribution in [2.24, 2.45) is 17.8 Å². The van der Waals surface area contributed by atoms with E-state index in [1.165, 1.54) is 19.8 Å². The van der Waals surface area contributed by atoms with E-state index in [0.29, 0.717) is 43.7 Å². The van der Waals surface area contributed by atoms with Gasteiger partial charge in [0.2, 0.25) is 0 Å². The van der Waals surface area contributed by atoms with Crippen molar-refractivity contribution in [3.63, 3.8) is 0 Å². The lowest BCUT2D eigenvalue weighted by atomic mass is 9.75. The van der Waals surface area contributed by atoms with Crippen LogP contribution in [0.25, 0.3) is 0 Å². The summed E-state index contributed by atoms with van der Waals surface area (Å²) in [6.45, 7) is 2.93. The maximum Gasteiger partial charge on any atom is 0.373 e. The third kappa shape index (κ3) is 6.66. The Balaban J connectivity index is 0.000000202. The third-order valence-electron chi connectivity index (χ3n) is 7.28. The zero-order valence-electron chi connectivity index (χ0n) is 21.7. The number of Topliss-reactive ketones (excluding diaryl/α,β-unsaturated/α-hetero) is 1. The first-order valence-electron chi connectivity index (χ1n) is 12.4. The highest BCUT2D eigenvalue weighted by atomic mass is 16.5. The van der Waals surface area contributed by atoms with Gasteiger partial charge in [-0.25, -0.2) is 0 Å². The van der Waals surface area contributed by atoms with E-state index < -0.39 is 0 Å². The SMILES string of the molecule is COC(=O)C[C@H]1COc2ccccc2[C@H]1C(C)C(=O)OC.O=C1CC2c3ccccc3OC[C@@H]2C1.O=C=O. The fourth-order valence-electron chi connectivity index (χ4n) is 5.52. The summed E-state index contributed by atoms with van der Waals surface area (Å²) in [5, 5.41) is 0. The van der Waals surface area contributed by atoms with E-state index in [2.05, 4.69) is 6.07 Å². The van der Waals surface area contributed by atoms with E-state index in [-0.39, 0.29) is 42.3 Å². The van der Waals surface area contributed by atoms with Crippen LogP contribution in [0.15, 0.2) is 48.5 Å². The Labute approximate surface area is 221 Å². The highest BCUT2D eigenvalue weighted by Gasteiger charge is 2.40. The van der Waals surface area contributed by atoms with Gasteiger partial charge in [0.05, 0.1) is 39.8 Å². The molecule has 9 nitrogen and oxygen atoms in total. The van der Waals surface area contributed by atoms with Crippen molar-refractivity contribution < 1.29 is 42.9 Å². The van der Waals surface area contributed by atoms with Gasteiger partial charge in [-0.05, 0) is 23.3 Å². The van der Waals surface area contributed by atoms with Crippen molar-refractivity contribution in [2.45, 2.75) is 38.0 Å². The minimum atomic E-state index is -0.352. The number of ketones is 1. The molecule has 0 amide bonds. The maximum atomic E-state index is 11.9. The molecule has 2 aromatic carbocycles. The number of benzene rings is 2. The van der Waals surface area contributed by atoms with Gasteiger partial charge in [0.25, 0.3) is 0 Å². The van der Waals surface area contributed by atoms with Crippen LogP contribution in [-0.2, 0) is 33.4 Å². The Morgan fingerprint density at radius 1 is 0.921 bits per heavy atom. The smallest absolute Gasteiger partial charge is 0.373 e. The summed E-state index contributed by atoms with van der Waals surface area (Å²) in [6, 6.07) is 15.7. The number of esters is 2. The highest BCUT2D eigenvalue weighted by Crippen LogP contribution is 2.45. The molecule has 0 aromatic heterocycles. The van der Waals surface area contributed by atoms with Crippen LogP contribution < -0.4 is 9.47 Å². The average Bonchev–Trinajstić information content (AvgIpc) is 3.33. The van der Waals surface area contributed by atoms with E-state index in [0.717, 1.165) is 17.1 Å². The summed E-state index contributed by atoms with van der Waals surface area (Å²) in [6.07, 6.45) is 1.89. The molecule has 5 rings (SSSR count). The second-order valence-electron chi connectivity index (χ2n) is 9.47. The van der Waals surface area contributed by atoms with Crippen molar-refractivity contribution in [1.29, 1.82) is 0 Å². The first-order valence-corrected chi connectivity index (χ1v) is 12.4. The molecule has 0 saturated heterocycles. The molecule has 3 aliphatic rings. The van der Waals surface area contributed by atoms with E-state index in [9.17, 15) is 14.4 Å². The lowest BCUT2D eigenvalue weighted by Gasteiger charge is -2.35. The Morgan fingerprint density at radius 3 is 2.13 bits per heavy atom. The van der Waals surface area contributed by atoms with Crippen molar-refractivity contribution in [3.05, 3.63) is 59.7 Å². The second-order valence-corrected chi connectivity index (χ2v) is 9.47. The topological polar surface area (TPSA) is 122 Å². The lowest BCUT2D eigenvalue weighted by molar-refractivity contribution is -0.191. The molecule has 9 heteroatoms. The summed E-state index contributed by atoms with van der Waals surface area (Å²) in [7, 11) is 2.73. The van der Waals surface area contributed by atoms with Crippen LogP contribution in [0.1, 0.15) is 49.1 Å². The van der Waals surface area contributed by atoms with Gasteiger partial charge in [-0.2, -0.15) is 9.59 Å². The zero-order chi connectivity index (χ0) is 27.7. The van der Waals surface area contributed by atoms with Gasteiger partial charge in [-0.15, -0.1) is 0 Å². The molecule has 202 valence electrons. The molecule has 5 atom stereocenters. The number of fused-ring (bicyclic) bond motifs is 4. The lowest BCUT2D eigenvalue weighted by Crippen LogP contribution is -2.35. The molecule has 2 heterocycles. The largest absolute Gasteiger partial charge is 0.493 e. The first-order chi connectivity index (χ1) is 18.3. The van der Waals surface area contributed by atoms with Gasteiger partial charge in [-0.1, -0.05) is 43.3 Å². The van der Waals surface area contributed by atoms with Gasteiger partial charge in [0.15, 0.2) is 0 Å². The molecule has 2 aromatic rings. The molecular formula is C29H32O9. The normalized spacial score (nSPS) is 23.0. The number of carbonyl (C=O) groups excluding carboxylic acids is 5. The van der Waals surface area contributed by atoms with Gasteiger partial charge in [-0.3, -0.25) is 14.4 Å². The maximum absolute atomic E-state index is 11.9. The van der Waals surface area contributed by atoms with Crippen molar-refractivity contribution in [3.8, 4) is 11.5 Å². The number of methoxy groups -OCH3 is 2. The fraction of sp³-hybridized carbons (Fsp3) is 0.448. The number of para-hydroxylation sites is 2. The van der Waals surface area contributed by atoms with Crippen molar-refractivity contribution in [2.75, 3.05) is 27.4 Å². The van der Waals surface area contributed by atoms with Crippen LogP contribution in [-0.4, -0.2) is 51.3 Å². The molecule has 0 N–H and O–H groups in total. The van der Waals surface area contributed by atoms with Crippen LogP contribution in [0.4, 0.5) is 0 Å². The summed E-state index contributed by atoms with van der Waals surface area (Å²) in [5.41, 5.74) is 2.17. The molecule has 1 fully saturated rings.